The van der Waals surface area contributed by atoms with Gasteiger partial charge in [-0.2, -0.15) is 4.98 Å². The van der Waals surface area contributed by atoms with Gasteiger partial charge in [0, 0.05) is 49.2 Å². The Kier molecular flexibility index (Phi) is 5.71. The van der Waals surface area contributed by atoms with Crippen LogP contribution < -0.4 is 21.3 Å². The van der Waals surface area contributed by atoms with Gasteiger partial charge in [0.05, 0.1) is 18.9 Å². The fourth-order valence-electron chi connectivity index (χ4n) is 3.10. The van der Waals surface area contributed by atoms with Crippen LogP contribution >= 0.6 is 0 Å². The van der Waals surface area contributed by atoms with Crippen molar-refractivity contribution in [2.24, 2.45) is 0 Å². The highest BCUT2D eigenvalue weighted by Crippen LogP contribution is 2.26. The average Bonchev–Trinajstić information content (AvgIpc) is 2.76. The molecule has 4 N–H and O–H groups in total. The van der Waals surface area contributed by atoms with Crippen LogP contribution in [0.1, 0.15) is 6.92 Å². The normalized spacial score (nSPS) is 13.7. The largest absolute Gasteiger partial charge is 0.384 e. The van der Waals surface area contributed by atoms with Crippen molar-refractivity contribution in [3.05, 3.63) is 48.7 Å². The lowest BCUT2D eigenvalue weighted by Gasteiger charge is -2.27. The van der Waals surface area contributed by atoms with Gasteiger partial charge in [-0.1, -0.05) is 0 Å². The van der Waals surface area contributed by atoms with Crippen LogP contribution in [0.2, 0.25) is 0 Å². The SMILES string of the molecule is CC(=O)Nc1ccc(Nc2cc(-c3ccc(N)nc3)nc(N3CCOCC3)n2)cc1. The number of ether oxygens (including phenoxy) is 1. The number of hydrogen-bond acceptors (Lipinski definition) is 8. The van der Waals surface area contributed by atoms with E-state index in [-0.39, 0.29) is 5.91 Å². The number of nitrogens with two attached hydrogens (primary N) is 1. The number of carbonyl (C=O) groups is 1. The average molecular weight is 405 g/mol. The second-order valence-corrected chi connectivity index (χ2v) is 6.89. The predicted molar refractivity (Wildman–Crippen MR) is 117 cm³/mol. The number of hydrogen-bond donors (Lipinski definition) is 3. The number of nitrogen functional groups attached to an aromatic ring is 1. The molecule has 1 fully saturated rings. The van der Waals surface area contributed by atoms with E-state index in [1.54, 1.807) is 12.3 Å². The van der Waals surface area contributed by atoms with Crippen molar-refractivity contribution in [2.75, 3.05) is 47.6 Å². The first-order valence-electron chi connectivity index (χ1n) is 9.65. The number of anilines is 5. The maximum atomic E-state index is 11.2. The molecule has 1 aliphatic heterocycles. The Morgan fingerprint density at radius 3 is 2.47 bits per heavy atom. The van der Waals surface area contributed by atoms with Gasteiger partial charge in [0.25, 0.3) is 0 Å². The van der Waals surface area contributed by atoms with Crippen molar-refractivity contribution in [3.63, 3.8) is 0 Å². The first-order chi connectivity index (χ1) is 14.6. The summed E-state index contributed by atoms with van der Waals surface area (Å²) in [6, 6.07) is 12.9. The molecule has 3 aromatic rings. The van der Waals surface area contributed by atoms with Gasteiger partial charge in [-0.25, -0.2) is 9.97 Å². The zero-order valence-corrected chi connectivity index (χ0v) is 16.6. The molecule has 9 heteroatoms. The molecular weight excluding hydrogens is 382 g/mol. The van der Waals surface area contributed by atoms with Crippen molar-refractivity contribution in [2.45, 2.75) is 6.92 Å². The second kappa shape index (κ2) is 8.75. The molecule has 9 nitrogen and oxygen atoms in total. The molecule has 1 saturated heterocycles. The molecule has 0 radical (unpaired) electrons. The van der Waals surface area contributed by atoms with Gasteiger partial charge < -0.3 is 26.0 Å². The van der Waals surface area contributed by atoms with E-state index < -0.39 is 0 Å². The Labute approximate surface area is 174 Å². The molecule has 1 aromatic carbocycles. The van der Waals surface area contributed by atoms with Gasteiger partial charge in [0.1, 0.15) is 11.6 Å². The molecule has 0 unspecified atom stereocenters. The number of aromatic nitrogens is 3. The van der Waals surface area contributed by atoms with Crippen LogP contribution in [0.15, 0.2) is 48.7 Å². The highest BCUT2D eigenvalue weighted by atomic mass is 16.5. The van der Waals surface area contributed by atoms with E-state index in [1.165, 1.54) is 6.92 Å². The number of rotatable bonds is 5. The summed E-state index contributed by atoms with van der Waals surface area (Å²) in [6.45, 7) is 4.23. The monoisotopic (exact) mass is 405 g/mol. The van der Waals surface area contributed by atoms with Gasteiger partial charge in [-0.05, 0) is 36.4 Å². The van der Waals surface area contributed by atoms with Crippen LogP contribution in [-0.2, 0) is 9.53 Å². The molecule has 1 amide bonds. The van der Waals surface area contributed by atoms with Crippen molar-refractivity contribution in [1.29, 1.82) is 0 Å². The van der Waals surface area contributed by atoms with E-state index in [1.807, 2.05) is 36.4 Å². The van der Waals surface area contributed by atoms with E-state index in [9.17, 15) is 4.79 Å². The van der Waals surface area contributed by atoms with Crippen LogP contribution in [0.4, 0.5) is 29.0 Å². The van der Waals surface area contributed by atoms with Crippen LogP contribution in [0.5, 0.6) is 0 Å². The number of carbonyl (C=O) groups excluding carboxylic acids is 1. The van der Waals surface area contributed by atoms with Gasteiger partial charge in [0.2, 0.25) is 11.9 Å². The number of nitrogens with zero attached hydrogens (tertiary/aromatic N) is 4. The van der Waals surface area contributed by atoms with Gasteiger partial charge in [0.15, 0.2) is 0 Å². The lowest BCUT2D eigenvalue weighted by Crippen LogP contribution is -2.37. The molecule has 0 atom stereocenters. The Balaban J connectivity index is 1.64. The van der Waals surface area contributed by atoms with Crippen molar-refractivity contribution >= 4 is 34.9 Å². The summed E-state index contributed by atoms with van der Waals surface area (Å²) in [4.78, 5) is 26.9. The van der Waals surface area contributed by atoms with E-state index in [2.05, 4.69) is 20.5 Å². The van der Waals surface area contributed by atoms with Crippen molar-refractivity contribution < 1.29 is 9.53 Å². The summed E-state index contributed by atoms with van der Waals surface area (Å²) in [5, 5.41) is 6.07. The van der Waals surface area contributed by atoms with E-state index in [0.29, 0.717) is 30.8 Å². The zero-order valence-electron chi connectivity index (χ0n) is 16.6. The summed E-state index contributed by atoms with van der Waals surface area (Å²) in [7, 11) is 0. The molecule has 0 aliphatic carbocycles. The first kappa shape index (κ1) is 19.6. The Morgan fingerprint density at radius 1 is 1.07 bits per heavy atom. The summed E-state index contributed by atoms with van der Waals surface area (Å²) < 4.78 is 5.45. The topological polar surface area (TPSA) is 118 Å². The molecule has 1 aliphatic rings. The third-order valence-electron chi connectivity index (χ3n) is 4.57. The third kappa shape index (κ3) is 4.81. The number of benzene rings is 1. The molecule has 0 spiro atoms. The van der Waals surface area contributed by atoms with Gasteiger partial charge >= 0.3 is 0 Å². The standard InChI is InChI=1S/C21H23N7O2/c1-14(29)24-16-3-5-17(6-4-16)25-20-12-18(15-2-7-19(22)23-13-15)26-21(27-20)28-8-10-30-11-9-28/h2-7,12-13H,8-11H2,1H3,(H2,22,23)(H,24,29)(H,25,26,27). The molecule has 154 valence electrons. The highest BCUT2D eigenvalue weighted by Gasteiger charge is 2.16. The van der Waals surface area contributed by atoms with Crippen molar-refractivity contribution in [3.8, 4) is 11.3 Å². The minimum absolute atomic E-state index is 0.108. The maximum absolute atomic E-state index is 11.2. The molecule has 0 bridgehead atoms. The number of amides is 1. The molecular formula is C21H23N7O2. The summed E-state index contributed by atoms with van der Waals surface area (Å²) in [5.74, 6) is 1.64. The quantitative estimate of drug-likeness (QED) is 0.593. The third-order valence-corrected chi connectivity index (χ3v) is 4.57. The van der Waals surface area contributed by atoms with Crippen molar-refractivity contribution in [1.82, 2.24) is 15.0 Å². The molecule has 2 aromatic heterocycles. The molecule has 0 saturated carbocycles. The van der Waals surface area contributed by atoms with Crippen LogP contribution in [0.3, 0.4) is 0 Å². The number of nitrogens with one attached hydrogen (secondary N) is 2. The second-order valence-electron chi connectivity index (χ2n) is 6.89. The molecule has 3 heterocycles. The predicted octanol–water partition coefficient (Wildman–Crippen LogP) is 2.66. The van der Waals surface area contributed by atoms with Gasteiger partial charge in [-0.3, -0.25) is 4.79 Å². The Bertz CT molecular complexity index is 1020. The smallest absolute Gasteiger partial charge is 0.228 e. The fraction of sp³-hybridized carbons (Fsp3) is 0.238. The van der Waals surface area contributed by atoms with E-state index >= 15 is 0 Å². The van der Waals surface area contributed by atoms with E-state index in [4.69, 9.17) is 20.4 Å². The number of pyridine rings is 1. The molecule has 30 heavy (non-hydrogen) atoms. The minimum atomic E-state index is -0.108. The summed E-state index contributed by atoms with van der Waals surface area (Å²) in [5.41, 5.74) is 8.90. The fourth-order valence-corrected chi connectivity index (χ4v) is 3.10. The van der Waals surface area contributed by atoms with Crippen LogP contribution in [-0.4, -0.2) is 47.2 Å². The number of morpholine rings is 1. The summed E-state index contributed by atoms with van der Waals surface area (Å²) in [6.07, 6.45) is 1.70. The summed E-state index contributed by atoms with van der Waals surface area (Å²) >= 11 is 0. The Morgan fingerprint density at radius 2 is 1.80 bits per heavy atom. The van der Waals surface area contributed by atoms with Crippen LogP contribution in [0, 0.1) is 0 Å². The molecule has 4 rings (SSSR count). The minimum Gasteiger partial charge on any atom is -0.384 e. The Hall–Kier alpha value is -3.72. The first-order valence-corrected chi connectivity index (χ1v) is 9.65. The zero-order chi connectivity index (χ0) is 20.9. The van der Waals surface area contributed by atoms with Gasteiger partial charge in [-0.15, -0.1) is 0 Å². The van der Waals surface area contributed by atoms with Crippen LogP contribution in [0.25, 0.3) is 11.3 Å². The maximum Gasteiger partial charge on any atom is 0.228 e. The lowest BCUT2D eigenvalue weighted by molar-refractivity contribution is -0.114. The van der Waals surface area contributed by atoms with E-state index in [0.717, 1.165) is 35.7 Å². The highest BCUT2D eigenvalue weighted by molar-refractivity contribution is 5.88. The lowest BCUT2D eigenvalue weighted by atomic mass is 10.2.